The summed E-state index contributed by atoms with van der Waals surface area (Å²) in [6.07, 6.45) is 2.55. The largest absolute Gasteiger partial charge is 0.375 e. The fourth-order valence-electron chi connectivity index (χ4n) is 3.86. The Labute approximate surface area is 142 Å². The molecule has 2 saturated heterocycles. The minimum atomic E-state index is -0.411. The van der Waals surface area contributed by atoms with Gasteiger partial charge in [0, 0.05) is 32.4 Å². The normalized spacial score (nSPS) is 24.0. The molecule has 1 spiro atoms. The van der Waals surface area contributed by atoms with Gasteiger partial charge in [-0.3, -0.25) is 14.6 Å². The number of piperidine rings is 1. The van der Waals surface area contributed by atoms with Gasteiger partial charge in [0.05, 0.1) is 17.7 Å². The van der Waals surface area contributed by atoms with Crippen LogP contribution in [0, 0.1) is 12.3 Å². The number of amides is 2. The number of aryl methyl sites for hydroxylation is 1. The van der Waals surface area contributed by atoms with Gasteiger partial charge < -0.3 is 14.5 Å². The van der Waals surface area contributed by atoms with Crippen molar-refractivity contribution in [2.75, 3.05) is 33.4 Å². The van der Waals surface area contributed by atoms with E-state index in [1.54, 1.807) is 4.90 Å². The van der Waals surface area contributed by atoms with Crippen molar-refractivity contribution in [3.05, 3.63) is 29.6 Å². The molecule has 0 unspecified atom stereocenters. The third-order valence-electron chi connectivity index (χ3n) is 5.10. The topological polar surface area (TPSA) is 62.7 Å². The second-order valence-corrected chi connectivity index (χ2v) is 6.88. The van der Waals surface area contributed by atoms with Crippen molar-refractivity contribution < 1.29 is 14.3 Å². The van der Waals surface area contributed by atoms with E-state index in [2.05, 4.69) is 4.98 Å². The van der Waals surface area contributed by atoms with Crippen molar-refractivity contribution >= 4 is 11.8 Å². The maximum absolute atomic E-state index is 13.0. The van der Waals surface area contributed by atoms with E-state index in [0.717, 1.165) is 43.7 Å². The summed E-state index contributed by atoms with van der Waals surface area (Å²) in [6, 6.07) is 5.89. The Morgan fingerprint density at radius 1 is 1.33 bits per heavy atom. The number of ether oxygens (including phenoxy) is 1. The second kappa shape index (κ2) is 6.89. The van der Waals surface area contributed by atoms with Gasteiger partial charge in [-0.1, -0.05) is 6.07 Å². The average molecular weight is 331 g/mol. The van der Waals surface area contributed by atoms with Crippen LogP contribution in [0.2, 0.25) is 0 Å². The van der Waals surface area contributed by atoms with E-state index in [1.807, 2.05) is 30.0 Å². The minimum absolute atomic E-state index is 0.0248. The average Bonchev–Trinajstić information content (AvgIpc) is 2.85. The Balaban J connectivity index is 1.69. The van der Waals surface area contributed by atoms with E-state index in [0.29, 0.717) is 13.1 Å². The summed E-state index contributed by atoms with van der Waals surface area (Å²) in [4.78, 5) is 33.3. The summed E-state index contributed by atoms with van der Waals surface area (Å²) in [5, 5.41) is 0. The Morgan fingerprint density at radius 3 is 2.92 bits per heavy atom. The van der Waals surface area contributed by atoms with Gasteiger partial charge >= 0.3 is 0 Å². The summed E-state index contributed by atoms with van der Waals surface area (Å²) in [5.74, 6) is 0.142. The second-order valence-electron chi connectivity index (χ2n) is 6.88. The summed E-state index contributed by atoms with van der Waals surface area (Å²) < 4.78 is 4.95. The maximum Gasteiger partial charge on any atom is 0.248 e. The molecule has 0 aliphatic carbocycles. The molecule has 0 radical (unpaired) electrons. The number of carbonyl (C=O) groups excluding carboxylic acids is 2. The molecule has 2 aliphatic heterocycles. The molecule has 24 heavy (non-hydrogen) atoms. The smallest absolute Gasteiger partial charge is 0.248 e. The van der Waals surface area contributed by atoms with Gasteiger partial charge in [-0.25, -0.2) is 0 Å². The van der Waals surface area contributed by atoms with Crippen molar-refractivity contribution in [2.45, 2.75) is 32.7 Å². The van der Waals surface area contributed by atoms with Gasteiger partial charge in [-0.2, -0.15) is 0 Å². The SMILES string of the molecule is COCC(=O)N1CCC[C@@]2(CCN(Cc3cccc(C)n3)C2=O)C1. The summed E-state index contributed by atoms with van der Waals surface area (Å²) >= 11 is 0. The van der Waals surface area contributed by atoms with Crippen molar-refractivity contribution in [1.29, 1.82) is 0 Å². The van der Waals surface area contributed by atoms with Crippen LogP contribution >= 0.6 is 0 Å². The van der Waals surface area contributed by atoms with Crippen molar-refractivity contribution in [1.82, 2.24) is 14.8 Å². The summed E-state index contributed by atoms with van der Waals surface area (Å²) in [7, 11) is 1.52. The minimum Gasteiger partial charge on any atom is -0.375 e. The number of rotatable bonds is 4. The molecule has 0 N–H and O–H groups in total. The van der Waals surface area contributed by atoms with E-state index < -0.39 is 5.41 Å². The van der Waals surface area contributed by atoms with E-state index in [9.17, 15) is 9.59 Å². The predicted molar refractivity (Wildman–Crippen MR) is 89.1 cm³/mol. The van der Waals surface area contributed by atoms with Crippen molar-refractivity contribution in [2.24, 2.45) is 5.41 Å². The van der Waals surface area contributed by atoms with Gasteiger partial charge in [0.25, 0.3) is 0 Å². The summed E-state index contributed by atoms with van der Waals surface area (Å²) in [6.45, 7) is 4.57. The van der Waals surface area contributed by atoms with Crippen LogP contribution in [0.4, 0.5) is 0 Å². The molecule has 6 heteroatoms. The highest BCUT2D eigenvalue weighted by Crippen LogP contribution is 2.40. The Bertz CT molecular complexity index is 634. The molecule has 130 valence electrons. The highest BCUT2D eigenvalue weighted by molar-refractivity contribution is 5.86. The lowest BCUT2D eigenvalue weighted by Crippen LogP contribution is -2.50. The third kappa shape index (κ3) is 3.29. The van der Waals surface area contributed by atoms with Crippen LogP contribution in [0.1, 0.15) is 30.7 Å². The third-order valence-corrected chi connectivity index (χ3v) is 5.10. The van der Waals surface area contributed by atoms with Gasteiger partial charge in [-0.05, 0) is 38.3 Å². The Hall–Kier alpha value is -1.95. The maximum atomic E-state index is 13.0. The van der Waals surface area contributed by atoms with Crippen LogP contribution < -0.4 is 0 Å². The lowest BCUT2D eigenvalue weighted by atomic mass is 9.78. The van der Waals surface area contributed by atoms with Gasteiger partial charge in [0.1, 0.15) is 6.61 Å². The highest BCUT2D eigenvalue weighted by atomic mass is 16.5. The van der Waals surface area contributed by atoms with E-state index in [1.165, 1.54) is 7.11 Å². The number of aromatic nitrogens is 1. The molecule has 3 heterocycles. The Kier molecular flexibility index (Phi) is 4.85. The standard InChI is InChI=1S/C18H25N3O3/c1-14-5-3-6-15(19-14)11-20-10-8-18(17(20)23)7-4-9-21(13-18)16(22)12-24-2/h3,5-6H,4,7-13H2,1-2H3/t18-/m1/s1. The first-order valence-corrected chi connectivity index (χ1v) is 8.53. The molecule has 1 aromatic heterocycles. The van der Waals surface area contributed by atoms with Crippen LogP contribution in [-0.2, 0) is 20.9 Å². The zero-order valence-corrected chi connectivity index (χ0v) is 14.5. The van der Waals surface area contributed by atoms with Gasteiger partial charge in [0.15, 0.2) is 0 Å². The molecular formula is C18H25N3O3. The van der Waals surface area contributed by atoms with Crippen molar-refractivity contribution in [3.63, 3.8) is 0 Å². The lowest BCUT2D eigenvalue weighted by Gasteiger charge is -2.39. The van der Waals surface area contributed by atoms with Crippen LogP contribution in [0.15, 0.2) is 18.2 Å². The predicted octanol–water partition coefficient (Wildman–Crippen LogP) is 1.38. The van der Waals surface area contributed by atoms with Crippen LogP contribution in [-0.4, -0.2) is 59.9 Å². The number of nitrogens with zero attached hydrogens (tertiary/aromatic N) is 3. The van der Waals surface area contributed by atoms with E-state index >= 15 is 0 Å². The quantitative estimate of drug-likeness (QED) is 0.836. The first kappa shape index (κ1) is 16.9. The van der Waals surface area contributed by atoms with Crippen molar-refractivity contribution in [3.8, 4) is 0 Å². The van der Waals surface area contributed by atoms with Crippen LogP contribution in [0.5, 0.6) is 0 Å². The van der Waals surface area contributed by atoms with Crippen LogP contribution in [0.3, 0.4) is 0 Å². The fraction of sp³-hybridized carbons (Fsp3) is 0.611. The molecule has 3 rings (SSSR count). The number of likely N-dealkylation sites (tertiary alicyclic amines) is 2. The number of carbonyl (C=O) groups is 2. The molecule has 0 saturated carbocycles. The number of methoxy groups -OCH3 is 1. The molecule has 1 atom stereocenters. The monoisotopic (exact) mass is 331 g/mol. The molecule has 6 nitrogen and oxygen atoms in total. The number of hydrogen-bond acceptors (Lipinski definition) is 4. The summed E-state index contributed by atoms with van der Waals surface area (Å²) in [5.41, 5.74) is 1.47. The number of hydrogen-bond donors (Lipinski definition) is 0. The lowest BCUT2D eigenvalue weighted by molar-refractivity contribution is -0.145. The zero-order chi connectivity index (χ0) is 17.2. The molecule has 1 aromatic rings. The zero-order valence-electron chi connectivity index (χ0n) is 14.5. The van der Waals surface area contributed by atoms with E-state index in [-0.39, 0.29) is 18.4 Å². The van der Waals surface area contributed by atoms with Crippen LogP contribution in [0.25, 0.3) is 0 Å². The Morgan fingerprint density at radius 2 is 2.17 bits per heavy atom. The first-order chi connectivity index (χ1) is 11.5. The van der Waals surface area contributed by atoms with Gasteiger partial charge in [0.2, 0.25) is 11.8 Å². The molecule has 2 aliphatic rings. The molecule has 2 fully saturated rings. The fourth-order valence-corrected chi connectivity index (χ4v) is 3.86. The molecular weight excluding hydrogens is 306 g/mol. The molecule has 0 aromatic carbocycles. The molecule has 2 amide bonds. The number of pyridine rings is 1. The van der Waals surface area contributed by atoms with E-state index in [4.69, 9.17) is 4.74 Å². The first-order valence-electron chi connectivity index (χ1n) is 8.53. The highest BCUT2D eigenvalue weighted by Gasteiger charge is 2.49. The van der Waals surface area contributed by atoms with Gasteiger partial charge in [-0.15, -0.1) is 0 Å². The molecule has 0 bridgehead atoms.